The molecule has 0 spiro atoms. The van der Waals surface area contributed by atoms with Gasteiger partial charge in [0.1, 0.15) is 5.60 Å². The fourth-order valence-corrected chi connectivity index (χ4v) is 4.41. The normalized spacial score (nSPS) is 24.6. The summed E-state index contributed by atoms with van der Waals surface area (Å²) in [5.41, 5.74) is 4.03. The molecule has 1 aromatic carbocycles. The van der Waals surface area contributed by atoms with Crippen molar-refractivity contribution in [1.82, 2.24) is 9.80 Å². The molecular weight excluding hydrogens is 312 g/mol. The molecule has 25 heavy (non-hydrogen) atoms. The molecule has 1 amide bonds. The molecule has 4 heteroatoms. The van der Waals surface area contributed by atoms with E-state index < -0.39 is 5.60 Å². The third-order valence-electron chi connectivity index (χ3n) is 5.75. The number of benzene rings is 1. The average Bonchev–Trinajstić information content (AvgIpc) is 2.83. The second-order valence-electron chi connectivity index (χ2n) is 9.15. The Morgan fingerprint density at radius 2 is 1.88 bits per heavy atom. The van der Waals surface area contributed by atoms with E-state index in [0.29, 0.717) is 12.0 Å². The highest BCUT2D eigenvalue weighted by Gasteiger charge is 2.37. The van der Waals surface area contributed by atoms with Crippen molar-refractivity contribution in [3.63, 3.8) is 0 Å². The zero-order valence-corrected chi connectivity index (χ0v) is 15.9. The third kappa shape index (κ3) is 3.29. The minimum Gasteiger partial charge on any atom is -0.444 e. The first-order valence-corrected chi connectivity index (χ1v) is 9.65. The smallest absolute Gasteiger partial charge is 0.410 e. The number of fused-ring (bicyclic) bond motifs is 1. The van der Waals surface area contributed by atoms with Gasteiger partial charge in [-0.15, -0.1) is 0 Å². The highest BCUT2D eigenvalue weighted by Crippen LogP contribution is 2.41. The summed E-state index contributed by atoms with van der Waals surface area (Å²) < 4.78 is 5.45. The lowest BCUT2D eigenvalue weighted by Gasteiger charge is -2.42. The highest BCUT2D eigenvalue weighted by molar-refractivity contribution is 5.69. The maximum absolute atomic E-state index is 12.1. The van der Waals surface area contributed by atoms with Crippen LogP contribution in [0.3, 0.4) is 0 Å². The Hall–Kier alpha value is -1.55. The molecule has 2 saturated heterocycles. The molecule has 0 saturated carbocycles. The molecule has 136 valence electrons. The van der Waals surface area contributed by atoms with Crippen LogP contribution in [0.15, 0.2) is 18.2 Å². The van der Waals surface area contributed by atoms with Crippen LogP contribution in [0.2, 0.25) is 0 Å². The first kappa shape index (κ1) is 16.9. The molecule has 1 aromatic rings. The van der Waals surface area contributed by atoms with Gasteiger partial charge in [0.05, 0.1) is 0 Å². The Bertz CT molecular complexity index is 667. The fourth-order valence-electron chi connectivity index (χ4n) is 4.41. The monoisotopic (exact) mass is 342 g/mol. The summed E-state index contributed by atoms with van der Waals surface area (Å²) >= 11 is 0. The van der Waals surface area contributed by atoms with Gasteiger partial charge in [-0.2, -0.15) is 0 Å². The van der Waals surface area contributed by atoms with Crippen LogP contribution < -0.4 is 0 Å². The number of hydrogen-bond acceptors (Lipinski definition) is 3. The molecule has 0 aromatic heterocycles. The summed E-state index contributed by atoms with van der Waals surface area (Å²) in [6, 6.07) is 7.68. The predicted molar refractivity (Wildman–Crippen MR) is 98.8 cm³/mol. The molecule has 2 heterocycles. The largest absolute Gasteiger partial charge is 0.444 e. The van der Waals surface area contributed by atoms with E-state index in [-0.39, 0.29) is 6.09 Å². The number of nitrogens with zero attached hydrogens (tertiary/aromatic N) is 2. The molecule has 1 aliphatic carbocycles. The van der Waals surface area contributed by atoms with Gasteiger partial charge in [0.15, 0.2) is 0 Å². The number of likely N-dealkylation sites (tertiary alicyclic amines) is 2. The van der Waals surface area contributed by atoms with E-state index in [1.54, 1.807) is 5.56 Å². The van der Waals surface area contributed by atoms with Crippen molar-refractivity contribution >= 4 is 6.09 Å². The van der Waals surface area contributed by atoms with Crippen LogP contribution in [0, 0.1) is 5.92 Å². The summed E-state index contributed by atoms with van der Waals surface area (Å²) in [5.74, 6) is 1.32. The SMILES string of the molecule is CC1CN(C2CCc3cc(C4CN(C(=O)OC(C)(C)C)C4)ccc32)C1. The number of carbonyl (C=O) groups is 1. The molecule has 1 atom stereocenters. The molecule has 0 radical (unpaired) electrons. The zero-order valence-electron chi connectivity index (χ0n) is 15.9. The topological polar surface area (TPSA) is 32.8 Å². The lowest BCUT2D eigenvalue weighted by molar-refractivity contribution is 0.00819. The number of aryl methyl sites for hydroxylation is 1. The van der Waals surface area contributed by atoms with Crippen LogP contribution in [0.25, 0.3) is 0 Å². The van der Waals surface area contributed by atoms with E-state index in [1.807, 2.05) is 25.7 Å². The number of carbonyl (C=O) groups excluding carboxylic acids is 1. The van der Waals surface area contributed by atoms with Gasteiger partial charge >= 0.3 is 6.09 Å². The Morgan fingerprint density at radius 1 is 1.16 bits per heavy atom. The van der Waals surface area contributed by atoms with Crippen molar-refractivity contribution in [3.05, 3.63) is 34.9 Å². The highest BCUT2D eigenvalue weighted by atomic mass is 16.6. The van der Waals surface area contributed by atoms with Crippen LogP contribution in [0.1, 0.15) is 62.8 Å². The van der Waals surface area contributed by atoms with Crippen molar-refractivity contribution in [2.75, 3.05) is 26.2 Å². The van der Waals surface area contributed by atoms with E-state index >= 15 is 0 Å². The molecular formula is C21H30N2O2. The quantitative estimate of drug-likeness (QED) is 0.815. The lowest BCUT2D eigenvalue weighted by atomic mass is 9.89. The molecule has 0 bridgehead atoms. The molecule has 2 fully saturated rings. The minimum absolute atomic E-state index is 0.183. The van der Waals surface area contributed by atoms with Crippen LogP contribution >= 0.6 is 0 Å². The number of rotatable bonds is 2. The Morgan fingerprint density at radius 3 is 2.52 bits per heavy atom. The van der Waals surface area contributed by atoms with Gasteiger partial charge in [-0.1, -0.05) is 25.1 Å². The third-order valence-corrected chi connectivity index (χ3v) is 5.75. The van der Waals surface area contributed by atoms with E-state index in [2.05, 4.69) is 30.0 Å². The van der Waals surface area contributed by atoms with Crippen molar-refractivity contribution in [3.8, 4) is 0 Å². The van der Waals surface area contributed by atoms with Crippen LogP contribution in [-0.2, 0) is 11.2 Å². The fraction of sp³-hybridized carbons (Fsp3) is 0.667. The van der Waals surface area contributed by atoms with Crippen molar-refractivity contribution < 1.29 is 9.53 Å². The maximum atomic E-state index is 12.1. The zero-order chi connectivity index (χ0) is 17.8. The van der Waals surface area contributed by atoms with Gasteiger partial charge in [0.2, 0.25) is 0 Å². The average molecular weight is 342 g/mol. The van der Waals surface area contributed by atoms with Gasteiger partial charge in [-0.25, -0.2) is 4.79 Å². The number of ether oxygens (including phenoxy) is 1. The number of hydrogen-bond donors (Lipinski definition) is 0. The summed E-state index contributed by atoms with van der Waals surface area (Å²) in [4.78, 5) is 16.5. The molecule has 2 aliphatic heterocycles. The Kier molecular flexibility index (Phi) is 4.06. The van der Waals surface area contributed by atoms with E-state index in [9.17, 15) is 4.79 Å². The molecule has 4 nitrogen and oxygen atoms in total. The molecule has 3 aliphatic rings. The van der Waals surface area contributed by atoms with Crippen molar-refractivity contribution in [2.45, 2.75) is 58.1 Å². The molecule has 1 unspecified atom stereocenters. The summed E-state index contributed by atoms with van der Waals surface area (Å²) in [6.45, 7) is 12.1. The van der Waals surface area contributed by atoms with E-state index in [4.69, 9.17) is 4.74 Å². The Balaban J connectivity index is 1.37. The van der Waals surface area contributed by atoms with Gasteiger partial charge in [0, 0.05) is 38.1 Å². The summed E-state index contributed by atoms with van der Waals surface area (Å²) in [5, 5.41) is 0. The van der Waals surface area contributed by atoms with Crippen LogP contribution in [0.5, 0.6) is 0 Å². The standard InChI is InChI=1S/C21H30N2O2/c1-14-10-22(11-14)19-8-6-16-9-15(5-7-18(16)19)17-12-23(13-17)20(24)25-21(2,3)4/h5,7,9,14,17,19H,6,8,10-13H2,1-4H3. The predicted octanol–water partition coefficient (Wildman–Crippen LogP) is 3.96. The first-order valence-electron chi connectivity index (χ1n) is 9.65. The van der Waals surface area contributed by atoms with Crippen molar-refractivity contribution in [1.29, 1.82) is 0 Å². The second kappa shape index (κ2) is 6.01. The van der Waals surface area contributed by atoms with Crippen LogP contribution in [0.4, 0.5) is 4.79 Å². The number of amides is 1. The molecule has 4 rings (SSSR count). The molecule has 0 N–H and O–H groups in total. The van der Waals surface area contributed by atoms with Gasteiger partial charge in [0.25, 0.3) is 0 Å². The Labute approximate surface area is 151 Å². The second-order valence-corrected chi connectivity index (χ2v) is 9.15. The van der Waals surface area contributed by atoms with Gasteiger partial charge in [-0.3, -0.25) is 4.90 Å². The van der Waals surface area contributed by atoms with Crippen molar-refractivity contribution in [2.24, 2.45) is 5.92 Å². The van der Waals surface area contributed by atoms with Gasteiger partial charge in [-0.05, 0) is 56.2 Å². The summed E-state index contributed by atoms with van der Waals surface area (Å²) in [7, 11) is 0. The lowest BCUT2D eigenvalue weighted by Crippen LogP contribution is -2.50. The van der Waals surface area contributed by atoms with Crippen LogP contribution in [-0.4, -0.2) is 47.7 Å². The van der Waals surface area contributed by atoms with E-state index in [0.717, 1.165) is 19.0 Å². The van der Waals surface area contributed by atoms with E-state index in [1.165, 1.54) is 37.1 Å². The maximum Gasteiger partial charge on any atom is 0.410 e. The van der Waals surface area contributed by atoms with Gasteiger partial charge < -0.3 is 9.64 Å². The summed E-state index contributed by atoms with van der Waals surface area (Å²) in [6.07, 6.45) is 2.28. The first-order chi connectivity index (χ1) is 11.8. The minimum atomic E-state index is -0.418.